The molecule has 1 aliphatic rings. The Labute approximate surface area is 155 Å². The van der Waals surface area contributed by atoms with E-state index in [1.165, 1.54) is 10.8 Å². The Morgan fingerprint density at radius 2 is 1.59 bits per heavy atom. The zero-order valence-corrected chi connectivity index (χ0v) is 14.4. The molecular weight excluding hydrogens is 336 g/mol. The smallest absolute Gasteiger partial charge is 0.258 e. The maximum Gasteiger partial charge on any atom is 0.269 e. The highest BCUT2D eigenvalue weighted by molar-refractivity contribution is 6.02. The van der Waals surface area contributed by atoms with Crippen molar-refractivity contribution in [1.29, 1.82) is 0 Å². The molecule has 128 valence electrons. The molecule has 5 rings (SSSR count). The van der Waals surface area contributed by atoms with E-state index >= 15 is 0 Å². The molecule has 0 aliphatic carbocycles. The molecule has 0 saturated carbocycles. The number of fused-ring (bicyclic) bond motifs is 5. The van der Waals surface area contributed by atoms with Crippen molar-refractivity contribution in [3.8, 4) is 5.69 Å². The van der Waals surface area contributed by atoms with E-state index in [9.17, 15) is 10.1 Å². The van der Waals surface area contributed by atoms with E-state index in [0.29, 0.717) is 0 Å². The van der Waals surface area contributed by atoms with Gasteiger partial charge in [-0.25, -0.2) is 0 Å². The molecule has 1 aliphatic heterocycles. The van der Waals surface area contributed by atoms with Gasteiger partial charge in [0, 0.05) is 24.3 Å². The minimum atomic E-state index is -0.375. The molecule has 0 N–H and O–H groups in total. The highest BCUT2D eigenvalue weighted by Crippen LogP contribution is 2.36. The first kappa shape index (κ1) is 15.5. The van der Waals surface area contributed by atoms with Gasteiger partial charge in [0.25, 0.3) is 5.69 Å². The molecule has 0 spiro atoms. The number of para-hydroxylation sites is 1. The number of hydrogen-bond donors (Lipinski definition) is 0. The van der Waals surface area contributed by atoms with Crippen molar-refractivity contribution in [3.05, 3.63) is 112 Å². The Balaban J connectivity index is 1.77. The third-order valence-corrected chi connectivity index (χ3v) is 4.98. The van der Waals surface area contributed by atoms with E-state index in [1.807, 2.05) is 18.2 Å². The topological polar surface area (TPSA) is 47.0 Å². The number of nitro benzene ring substituents is 1. The molecule has 0 unspecified atom stereocenters. The van der Waals surface area contributed by atoms with Gasteiger partial charge in [-0.3, -0.25) is 10.1 Å². The predicted octanol–water partition coefficient (Wildman–Crippen LogP) is 4.93. The number of rotatable bonds is 2. The van der Waals surface area contributed by atoms with Gasteiger partial charge in [-0.2, -0.15) is 4.57 Å². The summed E-state index contributed by atoms with van der Waals surface area (Å²) in [5.74, 6) is 0. The van der Waals surface area contributed by atoms with Gasteiger partial charge in [-0.15, -0.1) is 0 Å². The quantitative estimate of drug-likeness (QED) is 0.257. The summed E-state index contributed by atoms with van der Waals surface area (Å²) in [5.41, 5.74) is 5.61. The molecule has 0 bridgehead atoms. The third-order valence-electron chi connectivity index (χ3n) is 4.98. The molecule has 1 aromatic heterocycles. The molecule has 4 heteroatoms. The van der Waals surface area contributed by atoms with E-state index in [1.54, 1.807) is 24.3 Å². The molecular formula is C23H15N2O2+. The molecule has 0 atom stereocenters. The van der Waals surface area contributed by atoms with Crippen LogP contribution >= 0.6 is 0 Å². The van der Waals surface area contributed by atoms with Crippen molar-refractivity contribution in [2.24, 2.45) is 0 Å². The summed E-state index contributed by atoms with van der Waals surface area (Å²) in [5, 5.41) is 13.3. The lowest BCUT2D eigenvalue weighted by Gasteiger charge is -2.02. The average Bonchev–Trinajstić information content (AvgIpc) is 3.03. The van der Waals surface area contributed by atoms with Crippen LogP contribution in [0, 0.1) is 10.1 Å². The fourth-order valence-corrected chi connectivity index (χ4v) is 3.74. The first-order valence-electron chi connectivity index (χ1n) is 8.72. The SMILES string of the molecule is O=[N+]([O-])c1ccc(C=C2c3ccccc3-[n+]3ccc4ccccc4c32)cc1. The summed E-state index contributed by atoms with van der Waals surface area (Å²) in [6.07, 6.45) is 4.21. The number of nitro groups is 1. The van der Waals surface area contributed by atoms with Gasteiger partial charge in [-0.1, -0.05) is 30.3 Å². The average molecular weight is 351 g/mol. The fourth-order valence-electron chi connectivity index (χ4n) is 3.74. The normalized spacial score (nSPS) is 13.6. The molecule has 0 amide bonds. The predicted molar refractivity (Wildman–Crippen MR) is 106 cm³/mol. The maximum absolute atomic E-state index is 10.9. The largest absolute Gasteiger partial charge is 0.269 e. The van der Waals surface area contributed by atoms with Crippen LogP contribution in [-0.2, 0) is 0 Å². The van der Waals surface area contributed by atoms with Crippen molar-refractivity contribution >= 4 is 28.1 Å². The number of hydrogen-bond acceptors (Lipinski definition) is 2. The summed E-state index contributed by atoms with van der Waals surface area (Å²) in [6.45, 7) is 0. The van der Waals surface area contributed by atoms with Crippen molar-refractivity contribution in [3.63, 3.8) is 0 Å². The van der Waals surface area contributed by atoms with Crippen LogP contribution in [0.3, 0.4) is 0 Å². The Morgan fingerprint density at radius 1 is 0.852 bits per heavy atom. The van der Waals surface area contributed by atoms with Crippen molar-refractivity contribution < 1.29 is 9.49 Å². The second-order valence-corrected chi connectivity index (χ2v) is 6.55. The standard InChI is InChI=1S/C23H15N2O2/c26-25(27)18-11-9-16(10-12-18)15-21-20-7-3-4-8-22(20)24-14-13-17-5-1-2-6-19(17)23(21)24/h1-15H/q+1. The summed E-state index contributed by atoms with van der Waals surface area (Å²) >= 11 is 0. The Bertz CT molecular complexity index is 1240. The van der Waals surface area contributed by atoms with E-state index in [0.717, 1.165) is 28.1 Å². The van der Waals surface area contributed by atoms with Crippen molar-refractivity contribution in [2.75, 3.05) is 0 Å². The van der Waals surface area contributed by atoms with Crippen LogP contribution in [0.2, 0.25) is 0 Å². The van der Waals surface area contributed by atoms with Gasteiger partial charge >= 0.3 is 0 Å². The van der Waals surface area contributed by atoms with E-state index < -0.39 is 0 Å². The van der Waals surface area contributed by atoms with Crippen LogP contribution in [0.15, 0.2) is 85.1 Å². The zero-order valence-electron chi connectivity index (χ0n) is 14.4. The van der Waals surface area contributed by atoms with Gasteiger partial charge in [0.1, 0.15) is 0 Å². The van der Waals surface area contributed by atoms with E-state index in [4.69, 9.17) is 0 Å². The summed E-state index contributed by atoms with van der Waals surface area (Å²) in [7, 11) is 0. The Kier molecular flexibility index (Phi) is 3.37. The minimum Gasteiger partial charge on any atom is -0.258 e. The minimum absolute atomic E-state index is 0.101. The molecule has 3 aromatic carbocycles. The lowest BCUT2D eigenvalue weighted by Crippen LogP contribution is -2.30. The Hall–Kier alpha value is -3.79. The number of non-ortho nitro benzene ring substituents is 1. The van der Waals surface area contributed by atoms with Gasteiger partial charge in [0.05, 0.1) is 21.4 Å². The zero-order chi connectivity index (χ0) is 18.4. The van der Waals surface area contributed by atoms with Crippen LogP contribution in [0.1, 0.15) is 16.8 Å². The van der Waals surface area contributed by atoms with Crippen LogP contribution in [0.5, 0.6) is 0 Å². The Morgan fingerprint density at radius 3 is 2.41 bits per heavy atom. The second-order valence-electron chi connectivity index (χ2n) is 6.55. The summed E-state index contributed by atoms with van der Waals surface area (Å²) in [4.78, 5) is 10.5. The third kappa shape index (κ3) is 2.42. The van der Waals surface area contributed by atoms with Gasteiger partial charge in [-0.05, 0) is 41.3 Å². The first-order chi connectivity index (χ1) is 13.2. The van der Waals surface area contributed by atoms with E-state index in [2.05, 4.69) is 53.2 Å². The molecule has 2 heterocycles. The number of aromatic nitrogens is 1. The highest BCUT2D eigenvalue weighted by atomic mass is 16.6. The molecule has 4 nitrogen and oxygen atoms in total. The number of nitrogens with zero attached hydrogens (tertiary/aromatic N) is 2. The van der Waals surface area contributed by atoms with Crippen LogP contribution in [0.25, 0.3) is 28.1 Å². The molecule has 0 radical (unpaired) electrons. The lowest BCUT2D eigenvalue weighted by atomic mass is 9.98. The van der Waals surface area contributed by atoms with E-state index in [-0.39, 0.29) is 10.6 Å². The van der Waals surface area contributed by atoms with Crippen molar-refractivity contribution in [1.82, 2.24) is 0 Å². The lowest BCUT2D eigenvalue weighted by molar-refractivity contribution is -0.592. The van der Waals surface area contributed by atoms with Crippen molar-refractivity contribution in [2.45, 2.75) is 0 Å². The molecule has 0 fully saturated rings. The van der Waals surface area contributed by atoms with Crippen LogP contribution in [0.4, 0.5) is 5.69 Å². The van der Waals surface area contributed by atoms with Crippen LogP contribution < -0.4 is 4.57 Å². The highest BCUT2D eigenvalue weighted by Gasteiger charge is 2.33. The summed E-state index contributed by atoms with van der Waals surface area (Å²) in [6, 6.07) is 25.5. The second kappa shape index (κ2) is 5.88. The number of pyridine rings is 1. The fraction of sp³-hybridized carbons (Fsp3) is 0. The number of benzene rings is 3. The van der Waals surface area contributed by atoms with Crippen LogP contribution in [-0.4, -0.2) is 4.92 Å². The summed E-state index contributed by atoms with van der Waals surface area (Å²) < 4.78 is 2.22. The molecule has 0 saturated heterocycles. The first-order valence-corrected chi connectivity index (χ1v) is 8.72. The molecule has 4 aromatic rings. The van der Waals surface area contributed by atoms with Gasteiger partial charge in [0.2, 0.25) is 11.4 Å². The van der Waals surface area contributed by atoms with Gasteiger partial charge in [0.15, 0.2) is 6.20 Å². The molecule has 27 heavy (non-hydrogen) atoms. The maximum atomic E-state index is 10.9. The van der Waals surface area contributed by atoms with Gasteiger partial charge < -0.3 is 0 Å². The monoisotopic (exact) mass is 351 g/mol.